The monoisotopic (exact) mass is 1810 g/mol. The minimum absolute atomic E-state index is 0.0460. The van der Waals surface area contributed by atoms with Crippen molar-refractivity contribution in [3.8, 4) is 94.7 Å². The Morgan fingerprint density at radius 1 is 0.523 bits per heavy atom. The summed E-state index contributed by atoms with van der Waals surface area (Å²) in [6.45, 7) is 88.5. The average Bonchev–Trinajstić information content (AvgIpc) is 1.14. The number of aliphatic carboxylic acids is 1. The Bertz CT molecular complexity index is 4230. The molecule has 0 radical (unpaired) electrons. The number of alkyl halides is 3. The standard InChI is InChI=1S/C15H27NO2.C14H23NO3.C13H20FN.C12H20FN.C12H15N.C11H18FN.C11H21NO.C10H19O4P.C7H10O2/c1-11(2)12(16)13(17)18-10-15(6,7)9-8-14(3,4)5;1-10(2)11(15)12(16)18-14(8-17-9-14)7-6-13(3,4)5;1-12(2,3)6-7-13(14)9-15(10-13)8-11-4-5-11;1-10(2)14-8-12(13,9-14)7-6-11(3,4)5;1-10-6-5-7-11(13-10)8-9-12(2,3)4;1-5-13-8-11(12,9-13)7-6-10(2,3)4;1-10(2,3)12-8-11(9-12)4-6-13-7-5-11;1-9(2,3)6-7-10(4,5)8-14-15(11,12)13;1-7(2,3)5-4-6(8)9/h11-12H,10,16H2,1-7H3;10-11H,8-9,15H2,1-5H3;11H,4-5,8-10H2,1-3H3;10H,8-9H2,1-5H3;5-7H,1-4H3;5,8-9H2,1-4H3;4-9H2,1-3H3;8H2,1-5H3,(H2,11,12,13);1-3H3,(H,8,9)/t12-;11-;;;;;;;/m00......./s1. The van der Waals surface area contributed by atoms with Gasteiger partial charge in [0, 0.05) is 149 Å². The lowest BCUT2D eigenvalue weighted by Crippen LogP contribution is -2.63. The van der Waals surface area contributed by atoms with Crippen LogP contribution < -0.4 is 11.5 Å². The molecule has 7 aliphatic rings. The van der Waals surface area contributed by atoms with Crippen molar-refractivity contribution in [2.75, 3.05) is 105 Å². The number of esters is 2. The van der Waals surface area contributed by atoms with Gasteiger partial charge in [0.05, 0.1) is 12.0 Å². The molecule has 0 unspecified atom stereocenters. The van der Waals surface area contributed by atoms with E-state index in [0.29, 0.717) is 69.5 Å². The fourth-order valence-corrected chi connectivity index (χ4v) is 11.3. The quantitative estimate of drug-likeness (QED) is 0.0659. The number of nitrogens with two attached hydrogens (primary N) is 2. The molecule has 19 nitrogen and oxygen atoms in total. The van der Waals surface area contributed by atoms with Crippen LogP contribution in [0.2, 0.25) is 0 Å². The number of carbonyl (C=O) groups excluding carboxylic acids is 2. The molecule has 1 aromatic heterocycles. The zero-order valence-corrected chi connectivity index (χ0v) is 87.7. The van der Waals surface area contributed by atoms with Gasteiger partial charge in [-0.1, -0.05) is 118 Å². The van der Waals surface area contributed by atoms with Gasteiger partial charge in [-0.3, -0.25) is 33.7 Å². The number of hydrogen-bond acceptors (Lipinski definition) is 16. The molecule has 2 atom stereocenters. The number of phosphoric ester groups is 1. The van der Waals surface area contributed by atoms with E-state index in [2.05, 4.69) is 200 Å². The molecule has 7 fully saturated rings. The number of halogens is 3. The number of pyridine rings is 1. The molecular formula is C105H173F3N7O12P. The molecule has 726 valence electrons. The number of aryl methyl sites for hydroxylation is 1. The highest BCUT2D eigenvalue weighted by molar-refractivity contribution is 7.46. The van der Waals surface area contributed by atoms with E-state index < -0.39 is 59.9 Å². The summed E-state index contributed by atoms with van der Waals surface area (Å²) in [6.07, 6.45) is 5.23. The number of phosphoric acid groups is 1. The Morgan fingerprint density at radius 2 is 0.906 bits per heavy atom. The smallest absolute Gasteiger partial charge is 0.469 e. The predicted molar refractivity (Wildman–Crippen MR) is 519 cm³/mol. The number of hydrogen-bond donors (Lipinski definition) is 5. The van der Waals surface area contributed by atoms with Gasteiger partial charge in [0.1, 0.15) is 37.6 Å². The third kappa shape index (κ3) is 59.2. The van der Waals surface area contributed by atoms with E-state index in [-0.39, 0.29) is 79.8 Å². The first-order chi connectivity index (χ1) is 57.3. The molecule has 23 heteroatoms. The Hall–Kier alpha value is -6.38. The average molecular weight is 1810 g/mol. The molecule has 7 heterocycles. The van der Waals surface area contributed by atoms with Crippen LogP contribution in [-0.2, 0) is 42.4 Å². The third-order valence-corrected chi connectivity index (χ3v) is 19.5. The first-order valence-corrected chi connectivity index (χ1v) is 47.1. The molecule has 8 rings (SSSR count). The SMILES string of the molecule is CC(C)(C)C#CC(=O)O.CC(C)(C)C#CC(C)(C)COP(=O)(O)O.CC(C)(C)C#CC1(F)CN(CC2CC2)C1.CC(C)(C)N1CC2(CCOCC2)C1.CC(C)N1CC(F)(C#CC(C)(C)C)C1.CC(C)[C@H](N)C(=O)OC1(C#CC(C)(C)C)COC1.CC(C)[C@H](N)C(=O)OCC(C)(C)C#CC(C)(C)C.CCN1CC(F)(C#CC(C)(C)C)C1.Cc1cccc(C#CC(C)(C)C)n1. The summed E-state index contributed by atoms with van der Waals surface area (Å²) in [5, 5.41) is 8.10. The molecule has 0 bridgehead atoms. The van der Waals surface area contributed by atoms with E-state index in [0.717, 1.165) is 43.6 Å². The predicted octanol–water partition coefficient (Wildman–Crippen LogP) is 18.9. The van der Waals surface area contributed by atoms with Gasteiger partial charge in [-0.25, -0.2) is 27.5 Å². The number of ether oxygens (including phenoxy) is 4. The lowest BCUT2D eigenvalue weighted by atomic mass is 9.71. The zero-order chi connectivity index (χ0) is 100.0. The summed E-state index contributed by atoms with van der Waals surface area (Å²) in [6, 6.07) is 5.15. The molecule has 1 aromatic rings. The van der Waals surface area contributed by atoms with E-state index in [4.69, 9.17) is 45.3 Å². The summed E-state index contributed by atoms with van der Waals surface area (Å²) in [4.78, 5) is 63.7. The van der Waals surface area contributed by atoms with E-state index >= 15 is 0 Å². The first kappa shape index (κ1) is 122. The van der Waals surface area contributed by atoms with E-state index in [1.54, 1.807) is 13.8 Å². The highest BCUT2D eigenvalue weighted by Gasteiger charge is 2.49. The fraction of sp³-hybridized carbons (Fsp3) is 0.771. The van der Waals surface area contributed by atoms with Gasteiger partial charge in [-0.15, -0.1) is 0 Å². The van der Waals surface area contributed by atoms with Crippen molar-refractivity contribution in [1.29, 1.82) is 0 Å². The molecule has 1 saturated carbocycles. The van der Waals surface area contributed by atoms with Gasteiger partial charge in [-0.2, -0.15) is 0 Å². The second kappa shape index (κ2) is 50.1. The van der Waals surface area contributed by atoms with E-state index in [1.807, 2.05) is 198 Å². The number of rotatable bonds is 14. The topological polar surface area (TPSA) is 253 Å². The molecule has 6 saturated heterocycles. The van der Waals surface area contributed by atoms with Crippen LogP contribution in [-0.4, -0.2) is 209 Å². The largest absolute Gasteiger partial charge is 0.472 e. The van der Waals surface area contributed by atoms with Crippen LogP contribution in [0.25, 0.3) is 0 Å². The summed E-state index contributed by atoms with van der Waals surface area (Å²) in [7, 11) is -4.39. The van der Waals surface area contributed by atoms with E-state index in [9.17, 15) is 32.1 Å². The molecule has 0 aromatic carbocycles. The molecular weight excluding hydrogens is 1640 g/mol. The molecule has 128 heavy (non-hydrogen) atoms. The maximum atomic E-state index is 13.9. The Balaban J connectivity index is 0.00000142. The number of carboxylic acid groups (broad SMARTS) is 1. The lowest BCUT2D eigenvalue weighted by Gasteiger charge is -2.57. The lowest BCUT2D eigenvalue weighted by molar-refractivity contribution is -0.194. The van der Waals surface area contributed by atoms with Gasteiger partial charge >= 0.3 is 25.7 Å². The molecule has 1 aliphatic carbocycles. The van der Waals surface area contributed by atoms with Gasteiger partial charge in [0.15, 0.2) is 17.0 Å². The number of aromatic nitrogens is 1. The minimum Gasteiger partial charge on any atom is -0.472 e. The normalized spacial score (nSPS) is 18.4. The second-order valence-electron chi connectivity index (χ2n) is 47.0. The Morgan fingerprint density at radius 3 is 1.23 bits per heavy atom. The van der Waals surface area contributed by atoms with Crippen molar-refractivity contribution in [3.63, 3.8) is 0 Å². The van der Waals surface area contributed by atoms with Gasteiger partial charge in [0.25, 0.3) is 0 Å². The van der Waals surface area contributed by atoms with Gasteiger partial charge < -0.3 is 45.3 Å². The number of carbonyl (C=O) groups is 3. The maximum Gasteiger partial charge on any atom is 0.469 e. The maximum absolute atomic E-state index is 13.9. The van der Waals surface area contributed by atoms with Crippen LogP contribution in [0.5, 0.6) is 0 Å². The summed E-state index contributed by atoms with van der Waals surface area (Å²) in [5.41, 5.74) is 8.20. The number of nitrogens with zero attached hydrogens (tertiary/aromatic N) is 5. The van der Waals surface area contributed by atoms with Gasteiger partial charge in [0.2, 0.25) is 5.60 Å². The van der Waals surface area contributed by atoms with Crippen LogP contribution >= 0.6 is 7.82 Å². The number of carboxylic acids is 1. The van der Waals surface area contributed by atoms with Crippen molar-refractivity contribution in [2.24, 2.45) is 88.8 Å². The first-order valence-electron chi connectivity index (χ1n) is 45.6. The van der Waals surface area contributed by atoms with Gasteiger partial charge in [-0.05, 0) is 309 Å². The second-order valence-corrected chi connectivity index (χ2v) is 48.2. The third-order valence-electron chi connectivity index (χ3n) is 19.1. The minimum atomic E-state index is -4.39. The summed E-state index contributed by atoms with van der Waals surface area (Å²) in [5.74, 6) is 45.6. The Kier molecular flexibility index (Phi) is 47.6. The van der Waals surface area contributed by atoms with Crippen molar-refractivity contribution in [2.45, 2.75) is 342 Å². The fourth-order valence-electron chi connectivity index (χ4n) is 10.8. The molecule has 7 N–H and O–H groups in total. The highest BCUT2D eigenvalue weighted by Crippen LogP contribution is 2.43. The summed E-state index contributed by atoms with van der Waals surface area (Å²) >= 11 is 0. The van der Waals surface area contributed by atoms with Crippen LogP contribution in [0, 0.1) is 179 Å². The van der Waals surface area contributed by atoms with Crippen molar-refractivity contribution in [1.82, 2.24) is 24.6 Å². The van der Waals surface area contributed by atoms with Crippen LogP contribution in [0.3, 0.4) is 0 Å². The van der Waals surface area contributed by atoms with Crippen LogP contribution in [0.15, 0.2) is 18.2 Å². The zero-order valence-electron chi connectivity index (χ0n) is 86.8. The molecule has 6 aliphatic heterocycles. The van der Waals surface area contributed by atoms with Crippen LogP contribution in [0.1, 0.15) is 300 Å². The molecule has 0 amide bonds. The van der Waals surface area contributed by atoms with E-state index in [1.165, 1.54) is 38.8 Å². The molecule has 1 spiro atoms. The van der Waals surface area contributed by atoms with Crippen molar-refractivity contribution >= 4 is 25.7 Å². The Labute approximate surface area is 776 Å². The number of likely N-dealkylation sites (tertiary alicyclic amines) is 4. The highest BCUT2D eigenvalue weighted by atomic mass is 31.2. The van der Waals surface area contributed by atoms with Crippen molar-refractivity contribution in [3.05, 3.63) is 29.6 Å². The van der Waals surface area contributed by atoms with Crippen molar-refractivity contribution < 1.29 is 70.5 Å². The van der Waals surface area contributed by atoms with Crippen LogP contribution in [0.4, 0.5) is 13.2 Å². The summed E-state index contributed by atoms with van der Waals surface area (Å²) < 4.78 is 77.5.